The molecule has 1 saturated heterocycles. The molecule has 1 fully saturated rings. The molecule has 144 valence electrons. The Bertz CT molecular complexity index is 956. The first kappa shape index (κ1) is 19.4. The maximum Gasteiger partial charge on any atom is 0.256 e. The Morgan fingerprint density at radius 1 is 1.19 bits per heavy atom. The van der Waals surface area contributed by atoms with Crippen molar-refractivity contribution in [3.63, 3.8) is 0 Å². The van der Waals surface area contributed by atoms with Crippen molar-refractivity contribution in [3.05, 3.63) is 53.6 Å². The second kappa shape index (κ2) is 7.70. The van der Waals surface area contributed by atoms with E-state index in [1.165, 1.54) is 16.4 Å². The number of piperidine rings is 1. The fourth-order valence-corrected chi connectivity index (χ4v) is 5.07. The van der Waals surface area contributed by atoms with E-state index < -0.39 is 15.9 Å². The number of hydrogen-bond acceptors (Lipinski definition) is 4. The van der Waals surface area contributed by atoms with Gasteiger partial charge in [-0.25, -0.2) is 8.42 Å². The van der Waals surface area contributed by atoms with Gasteiger partial charge in [0, 0.05) is 18.2 Å². The fourth-order valence-electron chi connectivity index (χ4n) is 3.34. The van der Waals surface area contributed by atoms with Gasteiger partial charge in [0.15, 0.2) is 0 Å². The molecule has 2 N–H and O–H groups in total. The van der Waals surface area contributed by atoms with Crippen LogP contribution in [0.2, 0.25) is 0 Å². The van der Waals surface area contributed by atoms with E-state index in [1.807, 2.05) is 6.92 Å². The van der Waals surface area contributed by atoms with Gasteiger partial charge in [0.1, 0.15) is 5.75 Å². The molecule has 2 aromatic carbocycles. The summed E-state index contributed by atoms with van der Waals surface area (Å²) < 4.78 is 27.6. The third-order valence-electron chi connectivity index (χ3n) is 4.95. The van der Waals surface area contributed by atoms with Gasteiger partial charge in [0.05, 0.1) is 10.6 Å². The first-order chi connectivity index (χ1) is 12.8. The highest BCUT2D eigenvalue weighted by atomic mass is 32.2. The van der Waals surface area contributed by atoms with E-state index in [2.05, 4.69) is 5.32 Å². The van der Waals surface area contributed by atoms with Crippen LogP contribution >= 0.6 is 0 Å². The summed E-state index contributed by atoms with van der Waals surface area (Å²) in [5.74, 6) is -0.507. The van der Waals surface area contributed by atoms with Crippen molar-refractivity contribution in [3.8, 4) is 5.75 Å². The predicted octanol–water partition coefficient (Wildman–Crippen LogP) is 3.52. The minimum atomic E-state index is -3.66. The number of amides is 1. The lowest BCUT2D eigenvalue weighted by Gasteiger charge is -2.32. The molecule has 0 aliphatic carbocycles. The maximum absolute atomic E-state index is 13.1. The Balaban J connectivity index is 1.92. The molecule has 1 heterocycles. The van der Waals surface area contributed by atoms with Crippen LogP contribution in [0.3, 0.4) is 0 Å². The van der Waals surface area contributed by atoms with Gasteiger partial charge in [-0.1, -0.05) is 24.6 Å². The Hall–Kier alpha value is -2.38. The zero-order chi connectivity index (χ0) is 19.6. The van der Waals surface area contributed by atoms with Crippen LogP contribution in [-0.2, 0) is 10.0 Å². The number of phenols is 1. The highest BCUT2D eigenvalue weighted by Gasteiger charge is 2.31. The Morgan fingerprint density at radius 2 is 1.93 bits per heavy atom. The molecule has 0 bridgehead atoms. The molecule has 27 heavy (non-hydrogen) atoms. The number of sulfonamides is 1. The minimum absolute atomic E-state index is 0.0468. The van der Waals surface area contributed by atoms with Crippen LogP contribution in [0.4, 0.5) is 5.69 Å². The van der Waals surface area contributed by atoms with Gasteiger partial charge in [-0.2, -0.15) is 4.31 Å². The molecule has 1 atom stereocenters. The van der Waals surface area contributed by atoms with Gasteiger partial charge in [-0.15, -0.1) is 0 Å². The van der Waals surface area contributed by atoms with E-state index in [0.29, 0.717) is 12.1 Å². The summed E-state index contributed by atoms with van der Waals surface area (Å²) in [6.07, 6.45) is 2.71. The molecular weight excluding hydrogens is 364 g/mol. The summed E-state index contributed by atoms with van der Waals surface area (Å²) in [7, 11) is -3.66. The Morgan fingerprint density at radius 3 is 2.63 bits per heavy atom. The quantitative estimate of drug-likeness (QED) is 0.785. The largest absolute Gasteiger partial charge is 0.506 e. The zero-order valence-electron chi connectivity index (χ0n) is 15.5. The Kier molecular flexibility index (Phi) is 5.53. The van der Waals surface area contributed by atoms with Crippen LogP contribution in [0.25, 0.3) is 0 Å². The van der Waals surface area contributed by atoms with Crippen LogP contribution in [0.15, 0.2) is 47.4 Å². The monoisotopic (exact) mass is 388 g/mol. The van der Waals surface area contributed by atoms with Crippen LogP contribution in [-0.4, -0.2) is 36.3 Å². The maximum atomic E-state index is 13.1. The molecule has 2 aromatic rings. The van der Waals surface area contributed by atoms with E-state index in [-0.39, 0.29) is 27.9 Å². The third kappa shape index (κ3) is 3.99. The first-order valence-electron chi connectivity index (χ1n) is 9.02. The summed E-state index contributed by atoms with van der Waals surface area (Å²) in [5.41, 5.74) is 1.21. The standard InChI is InChI=1S/C20H24N2O4S/c1-14-10-11-16(27(25,26)22-12-6-5-7-15(22)2)13-17(14)20(24)21-18-8-3-4-9-19(18)23/h3-4,8-11,13,15,23H,5-7,12H2,1-2H3,(H,21,24)/t15-/m0/s1. The van der Waals surface area contributed by atoms with Crippen molar-refractivity contribution in [2.45, 2.75) is 44.0 Å². The third-order valence-corrected chi connectivity index (χ3v) is 6.96. The second-order valence-corrected chi connectivity index (χ2v) is 8.80. The number of aromatic hydroxyl groups is 1. The van der Waals surface area contributed by atoms with Crippen LogP contribution in [0, 0.1) is 6.92 Å². The molecule has 1 aliphatic rings. The van der Waals surface area contributed by atoms with Gasteiger partial charge in [0.2, 0.25) is 10.0 Å². The summed E-state index contributed by atoms with van der Waals surface area (Å²) in [6.45, 7) is 4.16. The smallest absolute Gasteiger partial charge is 0.256 e. The number of rotatable bonds is 4. The predicted molar refractivity (Wildman–Crippen MR) is 104 cm³/mol. The van der Waals surface area contributed by atoms with E-state index in [9.17, 15) is 18.3 Å². The zero-order valence-corrected chi connectivity index (χ0v) is 16.3. The van der Waals surface area contributed by atoms with Crippen molar-refractivity contribution < 1.29 is 18.3 Å². The number of aryl methyl sites for hydroxylation is 1. The van der Waals surface area contributed by atoms with E-state index in [0.717, 1.165) is 19.3 Å². The van der Waals surface area contributed by atoms with Gasteiger partial charge >= 0.3 is 0 Å². The molecule has 0 unspecified atom stereocenters. The normalized spacial score (nSPS) is 18.2. The number of hydrogen-bond donors (Lipinski definition) is 2. The summed E-state index contributed by atoms with van der Waals surface area (Å²) in [6, 6.07) is 11.0. The number of anilines is 1. The lowest BCUT2D eigenvalue weighted by molar-refractivity contribution is 0.102. The number of para-hydroxylation sites is 2. The number of carbonyl (C=O) groups is 1. The molecule has 0 saturated carbocycles. The van der Waals surface area contributed by atoms with Gasteiger partial charge < -0.3 is 10.4 Å². The highest BCUT2D eigenvalue weighted by molar-refractivity contribution is 7.89. The number of nitrogens with one attached hydrogen (secondary N) is 1. The lowest BCUT2D eigenvalue weighted by Crippen LogP contribution is -2.42. The molecule has 7 heteroatoms. The molecule has 0 aromatic heterocycles. The Labute approximate surface area is 159 Å². The van der Waals surface area contributed by atoms with Crippen molar-refractivity contribution in [1.29, 1.82) is 0 Å². The fraction of sp³-hybridized carbons (Fsp3) is 0.350. The number of nitrogens with zero attached hydrogens (tertiary/aromatic N) is 1. The number of phenolic OH excluding ortho intramolecular Hbond substituents is 1. The van der Waals surface area contributed by atoms with E-state index >= 15 is 0 Å². The SMILES string of the molecule is Cc1ccc(S(=O)(=O)N2CCCC[C@@H]2C)cc1C(=O)Nc1ccccc1O. The number of benzene rings is 2. The number of carbonyl (C=O) groups excluding carboxylic acids is 1. The summed E-state index contributed by atoms with van der Waals surface area (Å²) in [4.78, 5) is 12.8. The van der Waals surface area contributed by atoms with Crippen LogP contribution < -0.4 is 5.32 Å². The van der Waals surface area contributed by atoms with E-state index in [4.69, 9.17) is 0 Å². The van der Waals surface area contributed by atoms with Crippen molar-refractivity contribution in [2.24, 2.45) is 0 Å². The molecule has 1 amide bonds. The first-order valence-corrected chi connectivity index (χ1v) is 10.5. The highest BCUT2D eigenvalue weighted by Crippen LogP contribution is 2.27. The summed E-state index contributed by atoms with van der Waals surface area (Å²) >= 11 is 0. The molecule has 0 spiro atoms. The molecule has 0 radical (unpaired) electrons. The molecule has 6 nitrogen and oxygen atoms in total. The van der Waals surface area contributed by atoms with Crippen LogP contribution in [0.1, 0.15) is 42.1 Å². The van der Waals surface area contributed by atoms with Crippen LogP contribution in [0.5, 0.6) is 5.75 Å². The van der Waals surface area contributed by atoms with Gasteiger partial charge in [0.25, 0.3) is 5.91 Å². The van der Waals surface area contributed by atoms with Gasteiger partial charge in [-0.05, 0) is 56.5 Å². The molecule has 3 rings (SSSR count). The molecule has 1 aliphatic heterocycles. The summed E-state index contributed by atoms with van der Waals surface area (Å²) in [5, 5.41) is 12.5. The average Bonchev–Trinajstić information content (AvgIpc) is 2.64. The lowest BCUT2D eigenvalue weighted by atomic mass is 10.1. The van der Waals surface area contributed by atoms with Crippen molar-refractivity contribution in [1.82, 2.24) is 4.31 Å². The topological polar surface area (TPSA) is 86.7 Å². The van der Waals surface area contributed by atoms with Crippen molar-refractivity contribution in [2.75, 3.05) is 11.9 Å². The second-order valence-electron chi connectivity index (χ2n) is 6.91. The average molecular weight is 388 g/mol. The molecular formula is C20H24N2O4S. The van der Waals surface area contributed by atoms with E-state index in [1.54, 1.807) is 37.3 Å². The minimum Gasteiger partial charge on any atom is -0.506 e. The van der Waals surface area contributed by atoms with Gasteiger partial charge in [-0.3, -0.25) is 4.79 Å². The van der Waals surface area contributed by atoms with Crippen molar-refractivity contribution >= 4 is 21.6 Å².